The van der Waals surface area contributed by atoms with Gasteiger partial charge in [-0.3, -0.25) is 4.79 Å². The van der Waals surface area contributed by atoms with Gasteiger partial charge in [0, 0.05) is 12.1 Å². The molecule has 4 nitrogen and oxygen atoms in total. The van der Waals surface area contributed by atoms with Crippen molar-refractivity contribution in [3.8, 4) is 11.8 Å². The Morgan fingerprint density at radius 2 is 2.14 bits per heavy atom. The van der Waals surface area contributed by atoms with Gasteiger partial charge < -0.3 is 15.3 Å². The Bertz CT molecular complexity index is 533. The number of rotatable bonds is 6. The smallest absolute Gasteiger partial charge is 0.252 e. The lowest BCUT2D eigenvalue weighted by Crippen LogP contribution is -2.26. The molecular formula is C16H21FN2O2. The van der Waals surface area contributed by atoms with Crippen LogP contribution >= 0.6 is 0 Å². The molecule has 0 bridgehead atoms. The molecule has 0 saturated heterocycles. The third-order valence-corrected chi connectivity index (χ3v) is 2.85. The van der Waals surface area contributed by atoms with Crippen molar-refractivity contribution in [3.05, 3.63) is 35.1 Å². The number of amides is 1. The Kier molecular flexibility index (Phi) is 7.44. The Morgan fingerprint density at radius 3 is 2.81 bits per heavy atom. The molecule has 1 aromatic carbocycles. The number of unbranched alkanes of at least 4 members (excludes halogenated alkanes) is 1. The molecule has 0 fully saturated rings. The van der Waals surface area contributed by atoms with Crippen molar-refractivity contribution in [3.63, 3.8) is 0 Å². The van der Waals surface area contributed by atoms with Crippen molar-refractivity contribution in [1.29, 1.82) is 0 Å². The molecule has 0 aliphatic rings. The van der Waals surface area contributed by atoms with Crippen LogP contribution in [0.15, 0.2) is 18.2 Å². The molecule has 114 valence electrons. The van der Waals surface area contributed by atoms with Crippen LogP contribution in [0.3, 0.4) is 0 Å². The summed E-state index contributed by atoms with van der Waals surface area (Å²) in [4.78, 5) is 14.2. The normalized spacial score (nSPS) is 10.1. The van der Waals surface area contributed by atoms with E-state index in [1.165, 1.54) is 18.2 Å². The molecule has 0 aliphatic heterocycles. The number of halogens is 1. The molecule has 0 unspecified atom stereocenters. The zero-order valence-electron chi connectivity index (χ0n) is 12.4. The van der Waals surface area contributed by atoms with Crippen LogP contribution in [0.2, 0.25) is 0 Å². The summed E-state index contributed by atoms with van der Waals surface area (Å²) < 4.78 is 13.2. The zero-order chi connectivity index (χ0) is 15.7. The summed E-state index contributed by atoms with van der Waals surface area (Å²) in [5, 5.41) is 11.5. The monoisotopic (exact) mass is 292 g/mol. The zero-order valence-corrected chi connectivity index (χ0v) is 12.4. The van der Waals surface area contributed by atoms with E-state index in [-0.39, 0.29) is 18.1 Å². The summed E-state index contributed by atoms with van der Waals surface area (Å²) in [6.07, 6.45) is 1.87. The maximum absolute atomic E-state index is 13.2. The van der Waals surface area contributed by atoms with E-state index in [0.717, 1.165) is 19.4 Å². The van der Waals surface area contributed by atoms with Gasteiger partial charge >= 0.3 is 0 Å². The van der Waals surface area contributed by atoms with Gasteiger partial charge in [0.15, 0.2) is 0 Å². The molecule has 2 N–H and O–H groups in total. The third-order valence-electron chi connectivity index (χ3n) is 2.85. The number of carbonyl (C=O) groups excluding carboxylic acids is 1. The molecule has 5 heteroatoms. The molecule has 0 saturated carbocycles. The number of benzene rings is 1. The highest BCUT2D eigenvalue weighted by Crippen LogP contribution is 2.10. The minimum Gasteiger partial charge on any atom is -0.384 e. The average Bonchev–Trinajstić information content (AvgIpc) is 2.44. The van der Waals surface area contributed by atoms with Crippen LogP contribution in [-0.2, 0) is 0 Å². The first-order valence-corrected chi connectivity index (χ1v) is 6.87. The average molecular weight is 292 g/mol. The molecule has 1 aromatic rings. The van der Waals surface area contributed by atoms with Gasteiger partial charge in [-0.2, -0.15) is 0 Å². The van der Waals surface area contributed by atoms with Gasteiger partial charge in [-0.25, -0.2) is 4.39 Å². The van der Waals surface area contributed by atoms with Crippen molar-refractivity contribution in [2.75, 3.05) is 33.8 Å². The second-order valence-electron chi connectivity index (χ2n) is 4.92. The van der Waals surface area contributed by atoms with Crippen molar-refractivity contribution < 1.29 is 14.3 Å². The number of hydrogen-bond acceptors (Lipinski definition) is 3. The highest BCUT2D eigenvalue weighted by atomic mass is 19.1. The van der Waals surface area contributed by atoms with E-state index in [0.29, 0.717) is 12.1 Å². The minimum absolute atomic E-state index is 0.276. The van der Waals surface area contributed by atoms with Crippen LogP contribution in [0.25, 0.3) is 0 Å². The second kappa shape index (κ2) is 9.11. The van der Waals surface area contributed by atoms with Crippen molar-refractivity contribution in [1.82, 2.24) is 10.2 Å². The Labute approximate surface area is 125 Å². The van der Waals surface area contributed by atoms with Gasteiger partial charge in [0.1, 0.15) is 12.4 Å². The van der Waals surface area contributed by atoms with Crippen LogP contribution in [0.4, 0.5) is 4.39 Å². The van der Waals surface area contributed by atoms with Crippen molar-refractivity contribution in [2.45, 2.75) is 12.8 Å². The summed E-state index contributed by atoms with van der Waals surface area (Å²) in [5.41, 5.74) is 0.611. The topological polar surface area (TPSA) is 52.6 Å². The molecule has 0 spiro atoms. The van der Waals surface area contributed by atoms with Crippen LogP contribution in [0.5, 0.6) is 0 Å². The van der Waals surface area contributed by atoms with Crippen molar-refractivity contribution >= 4 is 5.91 Å². The highest BCUT2D eigenvalue weighted by molar-refractivity contribution is 5.96. The van der Waals surface area contributed by atoms with Crippen molar-refractivity contribution in [2.24, 2.45) is 0 Å². The van der Waals surface area contributed by atoms with Gasteiger partial charge in [0.2, 0.25) is 0 Å². The second-order valence-corrected chi connectivity index (χ2v) is 4.92. The molecule has 0 heterocycles. The highest BCUT2D eigenvalue weighted by Gasteiger charge is 2.10. The fourth-order valence-electron chi connectivity index (χ4n) is 1.80. The molecule has 0 atom stereocenters. The summed E-state index contributed by atoms with van der Waals surface area (Å²) in [6.45, 7) is 1.21. The maximum atomic E-state index is 13.2. The molecule has 1 rings (SSSR count). The lowest BCUT2D eigenvalue weighted by molar-refractivity contribution is 0.0952. The number of aliphatic hydroxyl groups is 1. The van der Waals surface area contributed by atoms with E-state index >= 15 is 0 Å². The number of aliphatic hydroxyl groups excluding tert-OH is 1. The lowest BCUT2D eigenvalue weighted by Gasteiger charge is -2.10. The van der Waals surface area contributed by atoms with E-state index < -0.39 is 5.82 Å². The fourth-order valence-corrected chi connectivity index (χ4v) is 1.80. The predicted molar refractivity (Wildman–Crippen MR) is 80.5 cm³/mol. The third kappa shape index (κ3) is 6.39. The number of nitrogens with one attached hydrogen (secondary N) is 1. The van der Waals surface area contributed by atoms with Gasteiger partial charge in [-0.05, 0) is 51.7 Å². The number of hydrogen-bond donors (Lipinski definition) is 2. The minimum atomic E-state index is -0.459. The molecule has 1 amide bonds. The van der Waals surface area contributed by atoms with E-state index in [1.807, 2.05) is 14.1 Å². The molecule has 21 heavy (non-hydrogen) atoms. The first-order valence-electron chi connectivity index (χ1n) is 6.87. The van der Waals surface area contributed by atoms with Gasteiger partial charge in [-0.1, -0.05) is 11.8 Å². The van der Waals surface area contributed by atoms with E-state index in [2.05, 4.69) is 22.1 Å². The Hall–Kier alpha value is -1.90. The summed E-state index contributed by atoms with van der Waals surface area (Å²) in [5.74, 6) is 4.29. The van der Waals surface area contributed by atoms with Gasteiger partial charge in [0.05, 0.1) is 5.56 Å². The lowest BCUT2D eigenvalue weighted by atomic mass is 10.1. The van der Waals surface area contributed by atoms with Crippen LogP contribution in [-0.4, -0.2) is 49.7 Å². The largest absolute Gasteiger partial charge is 0.384 e. The van der Waals surface area contributed by atoms with Crippen LogP contribution in [0, 0.1) is 17.7 Å². The molecule has 0 aliphatic carbocycles. The quantitative estimate of drug-likeness (QED) is 0.613. The van der Waals surface area contributed by atoms with E-state index in [9.17, 15) is 9.18 Å². The number of nitrogens with zero attached hydrogens (tertiary/aromatic N) is 1. The van der Waals surface area contributed by atoms with Crippen LogP contribution < -0.4 is 5.32 Å². The standard InChI is InChI=1S/C16H21FN2O2/c1-19(2)10-4-3-9-18-16(21)15-8-7-14(17)12-13(15)6-5-11-20/h7-8,12,20H,3-4,9-11H2,1-2H3,(H,18,21). The number of carbonyl (C=O) groups is 1. The Morgan fingerprint density at radius 1 is 1.38 bits per heavy atom. The molecular weight excluding hydrogens is 271 g/mol. The van der Waals surface area contributed by atoms with E-state index in [1.54, 1.807) is 0 Å². The maximum Gasteiger partial charge on any atom is 0.252 e. The van der Waals surface area contributed by atoms with E-state index in [4.69, 9.17) is 5.11 Å². The predicted octanol–water partition coefficient (Wildman–Crippen LogP) is 1.24. The SMILES string of the molecule is CN(C)CCCCNC(=O)c1ccc(F)cc1C#CCO. The van der Waals surface area contributed by atoms with Gasteiger partial charge in [-0.15, -0.1) is 0 Å². The molecule has 0 radical (unpaired) electrons. The van der Waals surface area contributed by atoms with Gasteiger partial charge in [0.25, 0.3) is 5.91 Å². The summed E-state index contributed by atoms with van der Waals surface area (Å²) >= 11 is 0. The first-order chi connectivity index (χ1) is 10.0. The van der Waals surface area contributed by atoms with Crippen LogP contribution in [0.1, 0.15) is 28.8 Å². The summed E-state index contributed by atoms with van der Waals surface area (Å²) in [7, 11) is 4.01. The Balaban J connectivity index is 2.61. The molecule has 0 aromatic heterocycles. The summed E-state index contributed by atoms with van der Waals surface area (Å²) in [6, 6.07) is 3.83. The fraction of sp³-hybridized carbons (Fsp3) is 0.438. The first kappa shape index (κ1) is 17.2.